The standard InChI is InChI=1S/C17H24N2O4/c1-17(2,3)23-12-14-10-18(4)15(20)19(14)16(21)22-11-13-8-6-5-7-9-13/h5-9,14H,10-12H2,1-4H3/t14-/m0/s1. The van der Waals surface area contributed by atoms with E-state index < -0.39 is 6.09 Å². The molecule has 0 radical (unpaired) electrons. The summed E-state index contributed by atoms with van der Waals surface area (Å²) < 4.78 is 11.0. The predicted molar refractivity (Wildman–Crippen MR) is 86.0 cm³/mol. The van der Waals surface area contributed by atoms with E-state index in [1.807, 2.05) is 51.1 Å². The van der Waals surface area contributed by atoms with Gasteiger partial charge in [-0.25, -0.2) is 14.5 Å². The van der Waals surface area contributed by atoms with Crippen molar-refractivity contribution in [3.05, 3.63) is 35.9 Å². The molecule has 0 aliphatic carbocycles. The van der Waals surface area contributed by atoms with Gasteiger partial charge in [-0.15, -0.1) is 0 Å². The molecule has 0 unspecified atom stereocenters. The largest absolute Gasteiger partial charge is 0.444 e. The zero-order chi connectivity index (χ0) is 17.0. The summed E-state index contributed by atoms with van der Waals surface area (Å²) in [6.45, 7) is 6.68. The zero-order valence-corrected chi connectivity index (χ0v) is 14.1. The molecule has 6 nitrogen and oxygen atoms in total. The van der Waals surface area contributed by atoms with Gasteiger partial charge in [0.05, 0.1) is 18.2 Å². The molecule has 23 heavy (non-hydrogen) atoms. The lowest BCUT2D eigenvalue weighted by Gasteiger charge is -2.25. The molecular weight excluding hydrogens is 296 g/mol. The molecule has 1 atom stereocenters. The molecule has 6 heteroatoms. The summed E-state index contributed by atoms with van der Waals surface area (Å²) in [5.41, 5.74) is 0.549. The molecule has 0 saturated carbocycles. The number of urea groups is 1. The van der Waals surface area contributed by atoms with Gasteiger partial charge < -0.3 is 14.4 Å². The number of imide groups is 1. The highest BCUT2D eigenvalue weighted by Gasteiger charge is 2.41. The molecule has 2 rings (SSSR count). The molecule has 1 aromatic rings. The molecule has 0 aromatic heterocycles. The average Bonchev–Trinajstić information content (AvgIpc) is 2.78. The number of benzene rings is 1. The molecule has 0 spiro atoms. The first-order valence-corrected chi connectivity index (χ1v) is 7.67. The van der Waals surface area contributed by atoms with Gasteiger partial charge in [0.2, 0.25) is 0 Å². The monoisotopic (exact) mass is 320 g/mol. The van der Waals surface area contributed by atoms with Crippen molar-refractivity contribution >= 4 is 12.1 Å². The number of carbonyl (C=O) groups is 2. The number of ether oxygens (including phenoxy) is 2. The van der Waals surface area contributed by atoms with Gasteiger partial charge >= 0.3 is 12.1 Å². The maximum absolute atomic E-state index is 12.3. The number of hydrogen-bond donors (Lipinski definition) is 0. The number of carbonyl (C=O) groups excluding carboxylic acids is 2. The molecular formula is C17H24N2O4. The van der Waals surface area contributed by atoms with E-state index in [4.69, 9.17) is 9.47 Å². The normalized spacial score (nSPS) is 18.4. The fraction of sp³-hybridized carbons (Fsp3) is 0.529. The topological polar surface area (TPSA) is 59.1 Å². The first kappa shape index (κ1) is 17.3. The van der Waals surface area contributed by atoms with E-state index in [0.29, 0.717) is 13.2 Å². The Hall–Kier alpha value is -2.08. The van der Waals surface area contributed by atoms with E-state index >= 15 is 0 Å². The first-order chi connectivity index (χ1) is 10.8. The second kappa shape index (κ2) is 7.00. The van der Waals surface area contributed by atoms with Crippen LogP contribution < -0.4 is 0 Å². The molecule has 1 heterocycles. The van der Waals surface area contributed by atoms with Crippen LogP contribution in [0.15, 0.2) is 30.3 Å². The van der Waals surface area contributed by atoms with Gasteiger partial charge in [-0.05, 0) is 26.3 Å². The van der Waals surface area contributed by atoms with Crippen molar-refractivity contribution in [2.45, 2.75) is 39.0 Å². The molecule has 1 saturated heterocycles. The van der Waals surface area contributed by atoms with Crippen molar-refractivity contribution < 1.29 is 19.1 Å². The van der Waals surface area contributed by atoms with E-state index in [-0.39, 0.29) is 24.3 Å². The molecule has 0 bridgehead atoms. The summed E-state index contributed by atoms with van der Waals surface area (Å²) in [6.07, 6.45) is -0.634. The fourth-order valence-corrected chi connectivity index (χ4v) is 2.31. The molecule has 1 aliphatic rings. The van der Waals surface area contributed by atoms with Gasteiger partial charge in [0, 0.05) is 13.6 Å². The first-order valence-electron chi connectivity index (χ1n) is 7.67. The highest BCUT2D eigenvalue weighted by Crippen LogP contribution is 2.19. The van der Waals surface area contributed by atoms with Crippen LogP contribution in [-0.2, 0) is 16.1 Å². The Balaban J connectivity index is 1.98. The lowest BCUT2D eigenvalue weighted by molar-refractivity contribution is -0.0237. The van der Waals surface area contributed by atoms with Crippen molar-refractivity contribution in [2.24, 2.45) is 0 Å². The lowest BCUT2D eigenvalue weighted by Crippen LogP contribution is -2.43. The number of likely N-dealkylation sites (N-methyl/N-ethyl adjacent to an activating group) is 1. The van der Waals surface area contributed by atoms with E-state index in [2.05, 4.69) is 0 Å². The van der Waals surface area contributed by atoms with Crippen LogP contribution in [0.3, 0.4) is 0 Å². The number of rotatable bonds is 4. The van der Waals surface area contributed by atoms with Gasteiger partial charge in [-0.3, -0.25) is 0 Å². The van der Waals surface area contributed by atoms with Crippen LogP contribution in [0.1, 0.15) is 26.3 Å². The lowest BCUT2D eigenvalue weighted by atomic mass is 10.2. The Morgan fingerprint density at radius 3 is 2.52 bits per heavy atom. The third kappa shape index (κ3) is 4.69. The Kier molecular flexibility index (Phi) is 5.26. The van der Waals surface area contributed by atoms with Crippen LogP contribution in [0.5, 0.6) is 0 Å². The van der Waals surface area contributed by atoms with Crippen LogP contribution in [0.4, 0.5) is 9.59 Å². The van der Waals surface area contributed by atoms with Crippen molar-refractivity contribution in [3.63, 3.8) is 0 Å². The molecule has 126 valence electrons. The highest BCUT2D eigenvalue weighted by atomic mass is 16.6. The molecule has 1 aromatic carbocycles. The summed E-state index contributed by atoms with van der Waals surface area (Å²) in [6, 6.07) is 8.68. The Morgan fingerprint density at radius 2 is 1.91 bits per heavy atom. The summed E-state index contributed by atoms with van der Waals surface area (Å²) >= 11 is 0. The van der Waals surface area contributed by atoms with E-state index in [1.165, 1.54) is 4.90 Å². The SMILES string of the molecule is CN1C[C@@H](COC(C)(C)C)N(C(=O)OCc2ccccc2)C1=O. The third-order valence-corrected chi connectivity index (χ3v) is 3.49. The summed E-state index contributed by atoms with van der Waals surface area (Å²) in [7, 11) is 1.66. The summed E-state index contributed by atoms with van der Waals surface area (Å²) in [5.74, 6) is 0. The molecule has 1 aliphatic heterocycles. The quantitative estimate of drug-likeness (QED) is 0.856. The smallest absolute Gasteiger partial charge is 0.418 e. The Morgan fingerprint density at radius 1 is 1.26 bits per heavy atom. The van der Waals surface area contributed by atoms with E-state index in [9.17, 15) is 9.59 Å². The fourth-order valence-electron chi connectivity index (χ4n) is 2.31. The molecule has 0 N–H and O–H groups in total. The minimum absolute atomic E-state index is 0.139. The van der Waals surface area contributed by atoms with Crippen molar-refractivity contribution in [1.29, 1.82) is 0 Å². The van der Waals surface area contributed by atoms with Crippen molar-refractivity contribution in [2.75, 3.05) is 20.2 Å². The average molecular weight is 320 g/mol. The predicted octanol–water partition coefficient (Wildman–Crippen LogP) is 2.87. The molecule has 1 fully saturated rings. The van der Waals surface area contributed by atoms with E-state index in [0.717, 1.165) is 10.5 Å². The van der Waals surface area contributed by atoms with Gasteiger partial charge in [0.15, 0.2) is 0 Å². The maximum atomic E-state index is 12.3. The number of nitrogens with zero attached hydrogens (tertiary/aromatic N) is 2. The minimum Gasteiger partial charge on any atom is -0.444 e. The Labute approximate surface area is 137 Å². The second-order valence-corrected chi connectivity index (χ2v) is 6.65. The number of hydrogen-bond acceptors (Lipinski definition) is 4. The van der Waals surface area contributed by atoms with Crippen LogP contribution >= 0.6 is 0 Å². The number of amides is 3. The minimum atomic E-state index is -0.634. The van der Waals surface area contributed by atoms with Gasteiger partial charge in [-0.1, -0.05) is 30.3 Å². The van der Waals surface area contributed by atoms with Crippen molar-refractivity contribution in [1.82, 2.24) is 9.80 Å². The van der Waals surface area contributed by atoms with Gasteiger partial charge in [0.1, 0.15) is 6.61 Å². The van der Waals surface area contributed by atoms with Gasteiger partial charge in [-0.2, -0.15) is 0 Å². The maximum Gasteiger partial charge on any atom is 0.418 e. The molecule has 3 amide bonds. The van der Waals surface area contributed by atoms with E-state index in [1.54, 1.807) is 7.05 Å². The highest BCUT2D eigenvalue weighted by molar-refractivity contribution is 5.93. The zero-order valence-electron chi connectivity index (χ0n) is 14.1. The van der Waals surface area contributed by atoms with Crippen molar-refractivity contribution in [3.8, 4) is 0 Å². The summed E-state index contributed by atoms with van der Waals surface area (Å²) in [4.78, 5) is 27.1. The second-order valence-electron chi connectivity index (χ2n) is 6.65. The van der Waals surface area contributed by atoms with Gasteiger partial charge in [0.25, 0.3) is 0 Å². The summed E-state index contributed by atoms with van der Waals surface area (Å²) in [5, 5.41) is 0. The van der Waals surface area contributed by atoms with Crippen LogP contribution in [0.25, 0.3) is 0 Å². The van der Waals surface area contributed by atoms with Crippen LogP contribution in [0.2, 0.25) is 0 Å². The van der Waals surface area contributed by atoms with Crippen LogP contribution in [0, 0.1) is 0 Å². The van der Waals surface area contributed by atoms with Crippen LogP contribution in [-0.4, -0.2) is 53.8 Å². The Bertz CT molecular complexity index is 553. The third-order valence-electron chi connectivity index (χ3n) is 3.49.